The number of carbonyl (C=O) groups excluding carboxylic acids is 2. The SMILES string of the molecule is CCCN1CCC(NC(=O)CC(NC(C)=O)c2ccc(Cl)cc2)CC1. The van der Waals surface area contributed by atoms with Crippen LogP contribution in [0.15, 0.2) is 24.3 Å². The maximum Gasteiger partial charge on any atom is 0.222 e. The number of halogens is 1. The van der Waals surface area contributed by atoms with Crippen LogP contribution < -0.4 is 10.6 Å². The van der Waals surface area contributed by atoms with Crippen LogP contribution in [0.2, 0.25) is 5.02 Å². The largest absolute Gasteiger partial charge is 0.353 e. The van der Waals surface area contributed by atoms with E-state index < -0.39 is 0 Å². The molecule has 0 aromatic heterocycles. The van der Waals surface area contributed by atoms with Gasteiger partial charge < -0.3 is 15.5 Å². The van der Waals surface area contributed by atoms with Crippen LogP contribution in [-0.2, 0) is 9.59 Å². The number of piperidine rings is 1. The fraction of sp³-hybridized carbons (Fsp3) is 0.579. The van der Waals surface area contributed by atoms with Crippen LogP contribution in [-0.4, -0.2) is 42.4 Å². The summed E-state index contributed by atoms with van der Waals surface area (Å²) in [4.78, 5) is 26.4. The summed E-state index contributed by atoms with van der Waals surface area (Å²) in [7, 11) is 0. The van der Waals surface area contributed by atoms with Crippen LogP contribution in [0.5, 0.6) is 0 Å². The van der Waals surface area contributed by atoms with Gasteiger partial charge in [0.05, 0.1) is 12.5 Å². The van der Waals surface area contributed by atoms with E-state index in [1.54, 1.807) is 12.1 Å². The molecule has 5 nitrogen and oxygen atoms in total. The lowest BCUT2D eigenvalue weighted by molar-refractivity contribution is -0.123. The van der Waals surface area contributed by atoms with Crippen molar-refractivity contribution < 1.29 is 9.59 Å². The molecule has 1 unspecified atom stereocenters. The monoisotopic (exact) mass is 365 g/mol. The van der Waals surface area contributed by atoms with E-state index >= 15 is 0 Å². The Balaban J connectivity index is 1.89. The molecule has 25 heavy (non-hydrogen) atoms. The third-order valence-corrected chi connectivity index (χ3v) is 4.78. The first-order chi connectivity index (χ1) is 12.0. The summed E-state index contributed by atoms with van der Waals surface area (Å²) in [6.45, 7) is 6.84. The first-order valence-electron chi connectivity index (χ1n) is 9.02. The predicted molar refractivity (Wildman–Crippen MR) is 101 cm³/mol. The lowest BCUT2D eigenvalue weighted by atomic mass is 10.0. The Labute approximate surface area is 155 Å². The van der Waals surface area contributed by atoms with Gasteiger partial charge in [-0.2, -0.15) is 0 Å². The topological polar surface area (TPSA) is 61.4 Å². The molecule has 1 aliphatic heterocycles. The number of amides is 2. The van der Waals surface area contributed by atoms with Crippen LogP contribution in [0.25, 0.3) is 0 Å². The van der Waals surface area contributed by atoms with E-state index in [4.69, 9.17) is 11.6 Å². The third-order valence-electron chi connectivity index (χ3n) is 4.53. The number of hydrogen-bond donors (Lipinski definition) is 2. The number of likely N-dealkylation sites (tertiary alicyclic amines) is 1. The Bertz CT molecular complexity index is 569. The van der Waals surface area contributed by atoms with E-state index in [-0.39, 0.29) is 30.3 Å². The van der Waals surface area contributed by atoms with Crippen molar-refractivity contribution in [3.05, 3.63) is 34.9 Å². The lowest BCUT2D eigenvalue weighted by Gasteiger charge is -2.32. The Kier molecular flexibility index (Phi) is 7.72. The lowest BCUT2D eigenvalue weighted by Crippen LogP contribution is -2.45. The van der Waals surface area contributed by atoms with Gasteiger partial charge in [-0.3, -0.25) is 9.59 Å². The molecule has 0 saturated carbocycles. The number of benzene rings is 1. The average molecular weight is 366 g/mol. The molecule has 1 heterocycles. The second kappa shape index (κ2) is 9.78. The molecule has 1 fully saturated rings. The van der Waals surface area contributed by atoms with Crippen LogP contribution in [0.3, 0.4) is 0 Å². The molecule has 1 aliphatic rings. The van der Waals surface area contributed by atoms with Crippen molar-refractivity contribution in [3.8, 4) is 0 Å². The molecule has 2 amide bonds. The van der Waals surface area contributed by atoms with E-state index in [2.05, 4.69) is 22.5 Å². The van der Waals surface area contributed by atoms with E-state index in [1.807, 2.05) is 12.1 Å². The molecule has 1 saturated heterocycles. The predicted octanol–water partition coefficient (Wildman–Crippen LogP) is 2.90. The third kappa shape index (κ3) is 6.67. The molecule has 1 aromatic rings. The van der Waals surface area contributed by atoms with Crippen LogP contribution in [0, 0.1) is 0 Å². The molecule has 0 bridgehead atoms. The smallest absolute Gasteiger partial charge is 0.222 e. The van der Waals surface area contributed by atoms with Crippen molar-refractivity contribution in [2.45, 2.75) is 51.6 Å². The highest BCUT2D eigenvalue weighted by molar-refractivity contribution is 6.30. The second-order valence-electron chi connectivity index (χ2n) is 6.69. The van der Waals surface area contributed by atoms with Gasteiger partial charge >= 0.3 is 0 Å². The van der Waals surface area contributed by atoms with Crippen molar-refractivity contribution in [2.75, 3.05) is 19.6 Å². The van der Waals surface area contributed by atoms with Crippen molar-refractivity contribution >= 4 is 23.4 Å². The number of rotatable bonds is 7. The second-order valence-corrected chi connectivity index (χ2v) is 7.13. The molecule has 138 valence electrons. The van der Waals surface area contributed by atoms with E-state index in [9.17, 15) is 9.59 Å². The molecule has 6 heteroatoms. The minimum Gasteiger partial charge on any atom is -0.353 e. The highest BCUT2D eigenvalue weighted by atomic mass is 35.5. The summed E-state index contributed by atoms with van der Waals surface area (Å²) in [6, 6.07) is 7.12. The highest BCUT2D eigenvalue weighted by Gasteiger charge is 2.22. The van der Waals surface area contributed by atoms with Gasteiger partial charge in [0, 0.05) is 31.1 Å². The molecule has 2 N–H and O–H groups in total. The van der Waals surface area contributed by atoms with Gasteiger partial charge in [-0.25, -0.2) is 0 Å². The summed E-state index contributed by atoms with van der Waals surface area (Å²) < 4.78 is 0. The highest BCUT2D eigenvalue weighted by Crippen LogP contribution is 2.20. The fourth-order valence-corrected chi connectivity index (χ4v) is 3.41. The van der Waals surface area contributed by atoms with E-state index in [1.165, 1.54) is 6.92 Å². The molecular weight excluding hydrogens is 338 g/mol. The maximum atomic E-state index is 12.4. The van der Waals surface area contributed by atoms with E-state index in [0.29, 0.717) is 5.02 Å². The summed E-state index contributed by atoms with van der Waals surface area (Å²) in [5.74, 6) is -0.178. The number of nitrogens with zero attached hydrogens (tertiary/aromatic N) is 1. The molecule has 1 aromatic carbocycles. The van der Waals surface area contributed by atoms with Gasteiger partial charge in [-0.1, -0.05) is 30.7 Å². The summed E-state index contributed by atoms with van der Waals surface area (Å²) in [5, 5.41) is 6.61. The molecule has 0 spiro atoms. The summed E-state index contributed by atoms with van der Waals surface area (Å²) in [6.07, 6.45) is 3.36. The van der Waals surface area contributed by atoms with Gasteiger partial charge in [-0.05, 0) is 43.5 Å². The van der Waals surface area contributed by atoms with Gasteiger partial charge in [0.2, 0.25) is 11.8 Å². The van der Waals surface area contributed by atoms with Crippen molar-refractivity contribution in [3.63, 3.8) is 0 Å². The zero-order valence-electron chi connectivity index (χ0n) is 15.1. The zero-order valence-corrected chi connectivity index (χ0v) is 15.8. The van der Waals surface area contributed by atoms with Crippen LogP contribution in [0.1, 0.15) is 51.1 Å². The molecule has 0 aliphatic carbocycles. The number of nitrogens with one attached hydrogen (secondary N) is 2. The Morgan fingerprint density at radius 1 is 1.24 bits per heavy atom. The van der Waals surface area contributed by atoms with Crippen LogP contribution in [0.4, 0.5) is 0 Å². The number of carbonyl (C=O) groups is 2. The first kappa shape index (κ1) is 19.7. The van der Waals surface area contributed by atoms with Crippen LogP contribution >= 0.6 is 11.6 Å². The zero-order chi connectivity index (χ0) is 18.2. The number of hydrogen-bond acceptors (Lipinski definition) is 3. The summed E-state index contributed by atoms with van der Waals surface area (Å²) in [5.41, 5.74) is 0.882. The van der Waals surface area contributed by atoms with E-state index in [0.717, 1.165) is 44.5 Å². The minimum atomic E-state index is -0.338. The van der Waals surface area contributed by atoms with Crippen molar-refractivity contribution in [2.24, 2.45) is 0 Å². The van der Waals surface area contributed by atoms with Crippen molar-refractivity contribution in [1.29, 1.82) is 0 Å². The van der Waals surface area contributed by atoms with Gasteiger partial charge in [0.25, 0.3) is 0 Å². The first-order valence-corrected chi connectivity index (χ1v) is 9.40. The quantitative estimate of drug-likeness (QED) is 0.781. The Hall–Kier alpha value is -1.59. The molecule has 1 atom stereocenters. The van der Waals surface area contributed by atoms with Gasteiger partial charge in [0.15, 0.2) is 0 Å². The molecular formula is C19H28ClN3O2. The molecule has 2 rings (SSSR count). The standard InChI is InChI=1S/C19H28ClN3O2/c1-3-10-23-11-8-17(9-12-23)22-19(25)13-18(21-14(2)24)15-4-6-16(20)7-5-15/h4-7,17-18H,3,8-13H2,1-2H3,(H,21,24)(H,22,25). The summed E-state index contributed by atoms with van der Waals surface area (Å²) >= 11 is 5.92. The maximum absolute atomic E-state index is 12.4. The minimum absolute atomic E-state index is 0.0253. The van der Waals surface area contributed by atoms with Gasteiger partial charge in [0.1, 0.15) is 0 Å². The fourth-order valence-electron chi connectivity index (χ4n) is 3.28. The van der Waals surface area contributed by atoms with Crippen molar-refractivity contribution in [1.82, 2.24) is 15.5 Å². The normalized spacial score (nSPS) is 17.1. The average Bonchev–Trinajstić information content (AvgIpc) is 2.56. The Morgan fingerprint density at radius 3 is 2.44 bits per heavy atom. The molecule has 0 radical (unpaired) electrons. The van der Waals surface area contributed by atoms with Gasteiger partial charge in [-0.15, -0.1) is 0 Å². The Morgan fingerprint density at radius 2 is 1.88 bits per heavy atom.